The van der Waals surface area contributed by atoms with E-state index in [1.54, 1.807) is 24.3 Å². The molecule has 82 valence electrons. The van der Waals surface area contributed by atoms with E-state index >= 15 is 0 Å². The first-order valence-electron chi connectivity index (χ1n) is 5.14. The number of nitriles is 1. The Bertz CT molecular complexity index is 435. The highest BCUT2D eigenvalue weighted by molar-refractivity contribution is 5.96. The van der Waals surface area contributed by atoms with Crippen molar-refractivity contribution in [1.82, 2.24) is 0 Å². The van der Waals surface area contributed by atoms with E-state index < -0.39 is 6.67 Å². The molecule has 0 aromatic heterocycles. The Labute approximate surface area is 93.1 Å². The quantitative estimate of drug-likeness (QED) is 0.762. The molecule has 1 aliphatic heterocycles. The van der Waals surface area contributed by atoms with Crippen LogP contribution in [0.3, 0.4) is 0 Å². The maximum absolute atomic E-state index is 12.7. The van der Waals surface area contributed by atoms with E-state index in [2.05, 4.69) is 0 Å². The van der Waals surface area contributed by atoms with Crippen LogP contribution >= 0.6 is 0 Å². The van der Waals surface area contributed by atoms with E-state index in [0.29, 0.717) is 24.1 Å². The van der Waals surface area contributed by atoms with Gasteiger partial charge in [-0.05, 0) is 30.7 Å². The van der Waals surface area contributed by atoms with E-state index in [9.17, 15) is 9.18 Å². The Kier molecular flexibility index (Phi) is 2.86. The summed E-state index contributed by atoms with van der Waals surface area (Å²) in [7, 11) is 0. The van der Waals surface area contributed by atoms with Crippen molar-refractivity contribution in [1.29, 1.82) is 5.26 Å². The SMILES string of the molecule is N#Cc1ccc(N2C(=O)CC[C@H]2CF)cc1. The van der Waals surface area contributed by atoms with Crippen molar-refractivity contribution < 1.29 is 9.18 Å². The number of alkyl halides is 1. The number of carbonyl (C=O) groups is 1. The molecule has 0 saturated carbocycles. The molecule has 0 aliphatic carbocycles. The molecule has 1 aromatic carbocycles. The number of hydrogen-bond donors (Lipinski definition) is 0. The zero-order chi connectivity index (χ0) is 11.5. The molecule has 3 nitrogen and oxygen atoms in total. The molecule has 2 rings (SSSR count). The molecule has 0 spiro atoms. The Morgan fingerprint density at radius 1 is 1.44 bits per heavy atom. The van der Waals surface area contributed by atoms with Crippen molar-refractivity contribution in [3.63, 3.8) is 0 Å². The molecule has 0 unspecified atom stereocenters. The van der Waals surface area contributed by atoms with E-state index in [1.165, 1.54) is 4.90 Å². The van der Waals surface area contributed by atoms with Crippen LogP contribution in [0, 0.1) is 11.3 Å². The first kappa shape index (κ1) is 10.6. The third-order valence-electron chi connectivity index (χ3n) is 2.78. The number of anilines is 1. The fourth-order valence-corrected chi connectivity index (χ4v) is 1.94. The number of halogens is 1. The normalized spacial score (nSPS) is 19.9. The summed E-state index contributed by atoms with van der Waals surface area (Å²) in [5, 5.41) is 8.65. The predicted octanol–water partition coefficient (Wildman–Crippen LogP) is 2.02. The zero-order valence-electron chi connectivity index (χ0n) is 8.69. The fraction of sp³-hybridized carbons (Fsp3) is 0.333. The second-order valence-corrected chi connectivity index (χ2v) is 3.77. The molecule has 16 heavy (non-hydrogen) atoms. The van der Waals surface area contributed by atoms with Crippen molar-refractivity contribution in [2.45, 2.75) is 18.9 Å². The minimum atomic E-state index is -0.522. The van der Waals surface area contributed by atoms with Gasteiger partial charge in [-0.1, -0.05) is 0 Å². The number of nitrogens with zero attached hydrogens (tertiary/aromatic N) is 2. The molecule has 1 aliphatic rings. The Morgan fingerprint density at radius 3 is 2.69 bits per heavy atom. The molecule has 1 atom stereocenters. The number of rotatable bonds is 2. The minimum Gasteiger partial charge on any atom is -0.307 e. The molecule has 1 heterocycles. The van der Waals surface area contributed by atoms with E-state index in [4.69, 9.17) is 5.26 Å². The summed E-state index contributed by atoms with van der Waals surface area (Å²) < 4.78 is 12.7. The van der Waals surface area contributed by atoms with Crippen LogP contribution in [0.25, 0.3) is 0 Å². The van der Waals surface area contributed by atoms with Gasteiger partial charge in [-0.15, -0.1) is 0 Å². The van der Waals surface area contributed by atoms with Gasteiger partial charge in [0.15, 0.2) is 0 Å². The molecule has 1 saturated heterocycles. The lowest BCUT2D eigenvalue weighted by molar-refractivity contribution is -0.117. The minimum absolute atomic E-state index is 0.0487. The van der Waals surface area contributed by atoms with Crippen molar-refractivity contribution in [3.05, 3.63) is 29.8 Å². The van der Waals surface area contributed by atoms with Gasteiger partial charge in [0.25, 0.3) is 0 Å². The van der Waals surface area contributed by atoms with Gasteiger partial charge < -0.3 is 4.90 Å². The van der Waals surface area contributed by atoms with Gasteiger partial charge in [0.05, 0.1) is 17.7 Å². The molecule has 4 heteroatoms. The summed E-state index contributed by atoms with van der Waals surface area (Å²) in [4.78, 5) is 13.1. The predicted molar refractivity (Wildman–Crippen MR) is 57.6 cm³/mol. The summed E-state index contributed by atoms with van der Waals surface area (Å²) in [5.41, 5.74) is 1.20. The molecular weight excluding hydrogens is 207 g/mol. The molecule has 0 N–H and O–H groups in total. The topological polar surface area (TPSA) is 44.1 Å². The van der Waals surface area contributed by atoms with Gasteiger partial charge in [0.2, 0.25) is 5.91 Å². The second-order valence-electron chi connectivity index (χ2n) is 3.77. The maximum atomic E-state index is 12.7. The van der Waals surface area contributed by atoms with Gasteiger partial charge >= 0.3 is 0 Å². The fourth-order valence-electron chi connectivity index (χ4n) is 1.94. The van der Waals surface area contributed by atoms with Crippen LogP contribution in [0.2, 0.25) is 0 Å². The summed E-state index contributed by atoms with van der Waals surface area (Å²) in [6, 6.07) is 8.30. The van der Waals surface area contributed by atoms with Crippen LogP contribution < -0.4 is 4.90 Å². The molecule has 1 fully saturated rings. The molecule has 1 amide bonds. The summed E-state index contributed by atoms with van der Waals surface area (Å²) in [5.74, 6) is -0.0487. The van der Waals surface area contributed by atoms with Crippen LogP contribution in [0.1, 0.15) is 18.4 Å². The molecule has 0 bridgehead atoms. The zero-order valence-corrected chi connectivity index (χ0v) is 8.69. The lowest BCUT2D eigenvalue weighted by Crippen LogP contribution is -2.34. The Morgan fingerprint density at radius 2 is 2.12 bits per heavy atom. The standard InChI is InChI=1S/C12H11FN2O/c13-7-11-5-6-12(16)15(11)10-3-1-9(8-14)2-4-10/h1-4,11H,5-7H2/t11-/m0/s1. The average Bonchev–Trinajstić information content (AvgIpc) is 2.70. The van der Waals surface area contributed by atoms with Crippen molar-refractivity contribution in [2.24, 2.45) is 0 Å². The monoisotopic (exact) mass is 218 g/mol. The van der Waals surface area contributed by atoms with Crippen LogP contribution in [0.5, 0.6) is 0 Å². The summed E-state index contributed by atoms with van der Waals surface area (Å²) >= 11 is 0. The molecule has 0 radical (unpaired) electrons. The van der Waals surface area contributed by atoms with E-state index in [1.807, 2.05) is 6.07 Å². The van der Waals surface area contributed by atoms with Crippen LogP contribution in [0.4, 0.5) is 10.1 Å². The van der Waals surface area contributed by atoms with Crippen molar-refractivity contribution in [2.75, 3.05) is 11.6 Å². The highest BCUT2D eigenvalue weighted by atomic mass is 19.1. The lowest BCUT2D eigenvalue weighted by Gasteiger charge is -2.22. The number of benzene rings is 1. The third-order valence-corrected chi connectivity index (χ3v) is 2.78. The Balaban J connectivity index is 2.28. The first-order valence-corrected chi connectivity index (χ1v) is 5.14. The first-order chi connectivity index (χ1) is 7.76. The van der Waals surface area contributed by atoms with Crippen molar-refractivity contribution >= 4 is 11.6 Å². The molecule has 1 aromatic rings. The maximum Gasteiger partial charge on any atom is 0.227 e. The van der Waals surface area contributed by atoms with Gasteiger partial charge in [-0.25, -0.2) is 4.39 Å². The lowest BCUT2D eigenvalue weighted by atomic mass is 10.2. The highest BCUT2D eigenvalue weighted by Crippen LogP contribution is 2.26. The van der Waals surface area contributed by atoms with E-state index in [-0.39, 0.29) is 11.9 Å². The van der Waals surface area contributed by atoms with Crippen molar-refractivity contribution in [3.8, 4) is 6.07 Å². The van der Waals surface area contributed by atoms with Crippen LogP contribution in [-0.2, 0) is 4.79 Å². The second kappa shape index (κ2) is 4.31. The van der Waals surface area contributed by atoms with Gasteiger partial charge in [0, 0.05) is 12.1 Å². The van der Waals surface area contributed by atoms with E-state index in [0.717, 1.165) is 0 Å². The smallest absolute Gasteiger partial charge is 0.227 e. The largest absolute Gasteiger partial charge is 0.307 e. The summed E-state index contributed by atoms with van der Waals surface area (Å²) in [6.07, 6.45) is 0.962. The highest BCUT2D eigenvalue weighted by Gasteiger charge is 2.31. The van der Waals surface area contributed by atoms with Gasteiger partial charge in [-0.2, -0.15) is 5.26 Å². The average molecular weight is 218 g/mol. The third kappa shape index (κ3) is 1.76. The van der Waals surface area contributed by atoms with Crippen LogP contribution in [0.15, 0.2) is 24.3 Å². The number of hydrogen-bond acceptors (Lipinski definition) is 2. The van der Waals surface area contributed by atoms with Crippen LogP contribution in [-0.4, -0.2) is 18.6 Å². The number of amides is 1. The summed E-state index contributed by atoms with van der Waals surface area (Å²) in [6.45, 7) is -0.522. The Hall–Kier alpha value is -1.89. The number of carbonyl (C=O) groups excluding carboxylic acids is 1. The molecular formula is C12H11FN2O. The van der Waals surface area contributed by atoms with Gasteiger partial charge in [-0.3, -0.25) is 4.79 Å². The van der Waals surface area contributed by atoms with Gasteiger partial charge in [0.1, 0.15) is 6.67 Å².